The molecular weight excluding hydrogens is 477 g/mol. The van der Waals surface area contributed by atoms with Gasteiger partial charge in [0, 0.05) is 13.6 Å². The van der Waals surface area contributed by atoms with E-state index in [2.05, 4.69) is 6.58 Å². The van der Waals surface area contributed by atoms with Crippen LogP contribution in [0.1, 0.15) is 59.7 Å². The Bertz CT molecular complexity index is 1090. The second-order valence-electron chi connectivity index (χ2n) is 8.82. The molecule has 1 aliphatic heterocycles. The quantitative estimate of drug-likeness (QED) is 0.312. The molecule has 0 saturated carbocycles. The molecule has 10 heteroatoms. The summed E-state index contributed by atoms with van der Waals surface area (Å²) in [6.45, 7) is 7.31. The van der Waals surface area contributed by atoms with Crippen LogP contribution in [0.4, 0.5) is 35.5 Å². The molecule has 1 heterocycles. The maximum Gasteiger partial charge on any atom is 0.416 e. The molecule has 2 atom stereocenters. The van der Waals surface area contributed by atoms with Crippen LogP contribution in [0.25, 0.3) is 0 Å². The van der Waals surface area contributed by atoms with Crippen LogP contribution in [0.3, 0.4) is 0 Å². The zero-order chi connectivity index (χ0) is 26.3. The molecule has 190 valence electrons. The van der Waals surface area contributed by atoms with Gasteiger partial charge in [-0.3, -0.25) is 0 Å². The van der Waals surface area contributed by atoms with Crippen LogP contribution in [0.2, 0.25) is 0 Å². The fourth-order valence-electron chi connectivity index (χ4n) is 4.25. The van der Waals surface area contributed by atoms with E-state index in [0.717, 1.165) is 10.5 Å². The fraction of sp³-hybridized carbons (Fsp3) is 0.400. The Morgan fingerprint density at radius 1 is 1.06 bits per heavy atom. The second-order valence-corrected chi connectivity index (χ2v) is 8.82. The number of aryl methyl sites for hydroxylation is 1. The number of halogens is 7. The van der Waals surface area contributed by atoms with Crippen molar-refractivity contribution in [1.29, 1.82) is 0 Å². The minimum atomic E-state index is -4.99. The van der Waals surface area contributed by atoms with E-state index in [1.807, 2.05) is 0 Å². The lowest BCUT2D eigenvalue weighted by Crippen LogP contribution is -2.46. The number of nitrogens with zero attached hydrogens (tertiary/aromatic N) is 2. The van der Waals surface area contributed by atoms with Crippen LogP contribution in [0.5, 0.6) is 0 Å². The lowest BCUT2D eigenvalue weighted by atomic mass is 9.90. The molecule has 0 N–H and O–H groups in total. The van der Waals surface area contributed by atoms with Crippen LogP contribution < -0.4 is 0 Å². The van der Waals surface area contributed by atoms with Gasteiger partial charge in [0.2, 0.25) is 0 Å². The van der Waals surface area contributed by atoms with E-state index in [1.165, 1.54) is 31.0 Å². The van der Waals surface area contributed by atoms with Crippen LogP contribution in [0, 0.1) is 12.7 Å². The molecular formula is C25H25F7N2O. The first-order valence-corrected chi connectivity index (χ1v) is 10.8. The molecule has 0 bridgehead atoms. The van der Waals surface area contributed by atoms with Gasteiger partial charge < -0.3 is 9.80 Å². The molecule has 1 fully saturated rings. The van der Waals surface area contributed by atoms with E-state index in [4.69, 9.17) is 0 Å². The largest absolute Gasteiger partial charge is 0.416 e. The number of amides is 2. The normalized spacial score (nSPS) is 17.9. The number of benzene rings is 2. The first kappa shape index (κ1) is 26.6. The van der Waals surface area contributed by atoms with Crippen LogP contribution in [-0.2, 0) is 12.4 Å². The molecule has 3 rings (SSSR count). The van der Waals surface area contributed by atoms with E-state index < -0.39 is 47.4 Å². The number of rotatable bonds is 3. The third-order valence-electron chi connectivity index (χ3n) is 6.38. The predicted octanol–water partition coefficient (Wildman–Crippen LogP) is 7.68. The highest BCUT2D eigenvalue weighted by atomic mass is 19.4. The first-order chi connectivity index (χ1) is 16.1. The highest BCUT2D eigenvalue weighted by Gasteiger charge is 2.39. The highest BCUT2D eigenvalue weighted by Crippen LogP contribution is 2.40. The maximum atomic E-state index is 13.6. The topological polar surface area (TPSA) is 23.6 Å². The van der Waals surface area contributed by atoms with Crippen LogP contribution >= 0.6 is 0 Å². The first-order valence-electron chi connectivity index (χ1n) is 10.8. The molecule has 0 unspecified atom stereocenters. The SMILES string of the molecule is C=C1CCN(C(=O)N(C)[C@H](C)c2cc(C(F)(F)F)cc(C(F)(F)F)c2)[C@@H](c2ccc(F)cc2C)C1. The van der Waals surface area contributed by atoms with Gasteiger partial charge in [-0.2, -0.15) is 26.3 Å². The summed E-state index contributed by atoms with van der Waals surface area (Å²) in [7, 11) is 1.33. The monoisotopic (exact) mass is 502 g/mol. The Hall–Kier alpha value is -3.04. The number of urea groups is 1. The van der Waals surface area contributed by atoms with E-state index in [-0.39, 0.29) is 18.2 Å². The molecule has 2 aromatic carbocycles. The van der Waals surface area contributed by atoms with Crippen molar-refractivity contribution in [3.8, 4) is 0 Å². The van der Waals surface area contributed by atoms with Gasteiger partial charge in [-0.05, 0) is 73.7 Å². The minimum Gasteiger partial charge on any atom is -0.321 e. The zero-order valence-corrected chi connectivity index (χ0v) is 19.4. The summed E-state index contributed by atoms with van der Waals surface area (Å²) < 4.78 is 93.4. The molecule has 0 spiro atoms. The minimum absolute atomic E-state index is 0.0572. The third kappa shape index (κ3) is 5.79. The van der Waals surface area contributed by atoms with Crippen molar-refractivity contribution in [1.82, 2.24) is 9.80 Å². The van der Waals surface area contributed by atoms with Gasteiger partial charge in [0.25, 0.3) is 0 Å². The van der Waals surface area contributed by atoms with E-state index in [1.54, 1.807) is 13.0 Å². The predicted molar refractivity (Wildman–Crippen MR) is 117 cm³/mol. The van der Waals surface area contributed by atoms with Gasteiger partial charge in [0.1, 0.15) is 5.82 Å². The van der Waals surface area contributed by atoms with Crippen LogP contribution in [0.15, 0.2) is 48.6 Å². The van der Waals surface area contributed by atoms with Crippen molar-refractivity contribution < 1.29 is 35.5 Å². The number of likely N-dealkylation sites (tertiary alicyclic amines) is 1. The zero-order valence-electron chi connectivity index (χ0n) is 19.4. The standard InChI is InChI=1S/C25H25F7N2O/c1-14-7-8-34(22(9-14)21-6-5-20(26)10-15(21)2)23(35)33(4)16(3)17-11-18(24(27,28)29)13-19(12-17)25(30,31)32/h5-6,10-13,16,22H,1,7-9H2,2-4H3/t16-,22-/m1/s1. The molecule has 1 saturated heterocycles. The summed E-state index contributed by atoms with van der Waals surface area (Å²) in [6.07, 6.45) is -9.08. The Balaban J connectivity index is 1.96. The van der Waals surface area contributed by atoms with Crippen molar-refractivity contribution >= 4 is 6.03 Å². The molecule has 0 aliphatic carbocycles. The number of hydrogen-bond acceptors (Lipinski definition) is 1. The average Bonchev–Trinajstić information content (AvgIpc) is 2.76. The molecule has 35 heavy (non-hydrogen) atoms. The van der Waals surface area contributed by atoms with E-state index >= 15 is 0 Å². The molecule has 1 aliphatic rings. The summed E-state index contributed by atoms with van der Waals surface area (Å²) in [5, 5.41) is 0. The molecule has 3 nitrogen and oxygen atoms in total. The summed E-state index contributed by atoms with van der Waals surface area (Å²) in [6, 6.07) is 3.34. The molecule has 2 aromatic rings. The van der Waals surface area contributed by atoms with Gasteiger partial charge in [0.15, 0.2) is 0 Å². The van der Waals surface area contributed by atoms with Crippen molar-refractivity contribution in [3.63, 3.8) is 0 Å². The lowest BCUT2D eigenvalue weighted by molar-refractivity contribution is -0.143. The van der Waals surface area contributed by atoms with Crippen molar-refractivity contribution in [2.24, 2.45) is 0 Å². The number of alkyl halides is 6. The van der Waals surface area contributed by atoms with Crippen molar-refractivity contribution in [2.45, 2.75) is 51.1 Å². The number of carbonyl (C=O) groups is 1. The van der Waals surface area contributed by atoms with Gasteiger partial charge in [-0.1, -0.05) is 18.2 Å². The number of hydrogen-bond donors (Lipinski definition) is 0. The molecule has 0 radical (unpaired) electrons. The van der Waals surface area contributed by atoms with Gasteiger partial charge >= 0.3 is 18.4 Å². The van der Waals surface area contributed by atoms with Crippen LogP contribution in [-0.4, -0.2) is 29.4 Å². The summed E-state index contributed by atoms with van der Waals surface area (Å²) >= 11 is 0. The lowest BCUT2D eigenvalue weighted by Gasteiger charge is -2.41. The molecule has 2 amide bonds. The Morgan fingerprint density at radius 3 is 2.14 bits per heavy atom. The Kier molecular flexibility index (Phi) is 7.24. The summed E-state index contributed by atoms with van der Waals surface area (Å²) in [5.41, 5.74) is -0.982. The Labute approximate surface area is 198 Å². The van der Waals surface area contributed by atoms with Gasteiger partial charge in [-0.25, -0.2) is 9.18 Å². The number of carbonyl (C=O) groups excluding carboxylic acids is 1. The third-order valence-corrected chi connectivity index (χ3v) is 6.38. The van der Waals surface area contributed by atoms with Gasteiger partial charge in [0.05, 0.1) is 23.2 Å². The molecule has 0 aromatic heterocycles. The van der Waals surface area contributed by atoms with E-state index in [9.17, 15) is 35.5 Å². The van der Waals surface area contributed by atoms with Gasteiger partial charge in [-0.15, -0.1) is 0 Å². The average molecular weight is 502 g/mol. The fourth-order valence-corrected chi connectivity index (χ4v) is 4.25. The summed E-state index contributed by atoms with van der Waals surface area (Å²) in [4.78, 5) is 16.1. The van der Waals surface area contributed by atoms with Crippen molar-refractivity contribution in [2.75, 3.05) is 13.6 Å². The number of piperidine rings is 1. The summed E-state index contributed by atoms with van der Waals surface area (Å²) in [5.74, 6) is -0.436. The van der Waals surface area contributed by atoms with Crippen molar-refractivity contribution in [3.05, 3.63) is 82.2 Å². The second kappa shape index (κ2) is 9.54. The maximum absolute atomic E-state index is 13.6. The van der Waals surface area contributed by atoms with E-state index in [0.29, 0.717) is 36.1 Å². The highest BCUT2D eigenvalue weighted by molar-refractivity contribution is 5.76. The Morgan fingerprint density at radius 2 is 1.63 bits per heavy atom. The smallest absolute Gasteiger partial charge is 0.321 e.